The first-order chi connectivity index (χ1) is 10.6. The quantitative estimate of drug-likeness (QED) is 0.886. The molecular weight excluding hydrogens is 296 g/mol. The van der Waals surface area contributed by atoms with E-state index in [9.17, 15) is 9.59 Å². The van der Waals surface area contributed by atoms with E-state index in [1.807, 2.05) is 24.4 Å². The van der Waals surface area contributed by atoms with Crippen LogP contribution in [-0.4, -0.2) is 11.8 Å². The number of thiophene rings is 1. The van der Waals surface area contributed by atoms with Gasteiger partial charge in [0.05, 0.1) is 6.04 Å². The highest BCUT2D eigenvalue weighted by Gasteiger charge is 2.29. The van der Waals surface area contributed by atoms with E-state index < -0.39 is 0 Å². The summed E-state index contributed by atoms with van der Waals surface area (Å²) in [5, 5.41) is 7.83. The molecule has 0 radical (unpaired) electrons. The Hall–Kier alpha value is -2.14. The van der Waals surface area contributed by atoms with Crippen molar-refractivity contribution >= 4 is 28.8 Å². The Morgan fingerprint density at radius 3 is 2.50 bits per heavy atom. The van der Waals surface area contributed by atoms with Crippen LogP contribution in [0.4, 0.5) is 5.69 Å². The van der Waals surface area contributed by atoms with Crippen LogP contribution in [0.1, 0.15) is 41.0 Å². The van der Waals surface area contributed by atoms with Crippen LogP contribution < -0.4 is 10.6 Å². The fourth-order valence-corrected chi connectivity index (χ4v) is 2.92. The molecule has 22 heavy (non-hydrogen) atoms. The van der Waals surface area contributed by atoms with E-state index in [0.29, 0.717) is 5.56 Å². The minimum atomic E-state index is -0.110. The highest BCUT2D eigenvalue weighted by Crippen LogP contribution is 2.30. The zero-order valence-corrected chi connectivity index (χ0v) is 13.2. The molecule has 2 amide bonds. The summed E-state index contributed by atoms with van der Waals surface area (Å²) in [6.07, 6.45) is 1.96. The van der Waals surface area contributed by atoms with Gasteiger partial charge in [0, 0.05) is 22.0 Å². The number of hydrogen-bond donors (Lipinski definition) is 2. The van der Waals surface area contributed by atoms with E-state index in [1.54, 1.807) is 35.6 Å². The van der Waals surface area contributed by atoms with Crippen molar-refractivity contribution < 1.29 is 9.59 Å². The Balaban J connectivity index is 1.59. The van der Waals surface area contributed by atoms with Crippen molar-refractivity contribution in [3.05, 3.63) is 52.2 Å². The molecule has 2 aromatic rings. The van der Waals surface area contributed by atoms with Crippen LogP contribution in [0.15, 0.2) is 41.8 Å². The van der Waals surface area contributed by atoms with Gasteiger partial charge in [-0.15, -0.1) is 11.3 Å². The predicted molar refractivity (Wildman–Crippen MR) is 88.0 cm³/mol. The van der Waals surface area contributed by atoms with E-state index in [4.69, 9.17) is 0 Å². The number of carbonyl (C=O) groups excluding carboxylic acids is 2. The first kappa shape index (κ1) is 14.8. The van der Waals surface area contributed by atoms with Gasteiger partial charge in [-0.1, -0.05) is 6.07 Å². The number of hydrogen-bond acceptors (Lipinski definition) is 3. The molecule has 1 atom stereocenters. The molecule has 1 aromatic heterocycles. The topological polar surface area (TPSA) is 58.2 Å². The van der Waals surface area contributed by atoms with Crippen LogP contribution >= 0.6 is 11.3 Å². The third kappa shape index (κ3) is 3.54. The minimum Gasteiger partial charge on any atom is -0.345 e. The minimum absolute atomic E-state index is 0.0123. The maximum absolute atomic E-state index is 12.2. The molecule has 0 spiro atoms. The summed E-state index contributed by atoms with van der Waals surface area (Å²) in [7, 11) is 0. The number of amides is 2. The molecule has 0 aliphatic heterocycles. The molecule has 0 bridgehead atoms. The number of nitrogens with one attached hydrogen (secondary N) is 2. The lowest BCUT2D eigenvalue weighted by atomic mass is 10.1. The van der Waals surface area contributed by atoms with Gasteiger partial charge in [-0.2, -0.15) is 0 Å². The van der Waals surface area contributed by atoms with E-state index >= 15 is 0 Å². The average molecular weight is 314 g/mol. The van der Waals surface area contributed by atoms with Gasteiger partial charge in [-0.25, -0.2) is 0 Å². The second-order valence-corrected chi connectivity index (χ2v) is 6.53. The Labute approximate surface area is 133 Å². The summed E-state index contributed by atoms with van der Waals surface area (Å²) in [6.45, 7) is 1.97. The average Bonchev–Trinajstić information content (AvgIpc) is 3.22. The summed E-state index contributed by atoms with van der Waals surface area (Å²) in [5.74, 6) is 0.138. The van der Waals surface area contributed by atoms with Gasteiger partial charge in [0.25, 0.3) is 5.91 Å². The number of carbonyl (C=O) groups is 2. The number of benzene rings is 1. The molecule has 114 valence electrons. The molecule has 1 aliphatic carbocycles. The van der Waals surface area contributed by atoms with E-state index in [2.05, 4.69) is 10.6 Å². The monoisotopic (exact) mass is 314 g/mol. The van der Waals surface area contributed by atoms with Crippen LogP contribution in [0.3, 0.4) is 0 Å². The molecule has 5 heteroatoms. The van der Waals surface area contributed by atoms with Crippen molar-refractivity contribution in [1.82, 2.24) is 5.32 Å². The van der Waals surface area contributed by atoms with Crippen LogP contribution in [0.2, 0.25) is 0 Å². The Kier molecular flexibility index (Phi) is 4.24. The Bertz CT molecular complexity index is 660. The summed E-state index contributed by atoms with van der Waals surface area (Å²) >= 11 is 1.62. The van der Waals surface area contributed by atoms with E-state index in [1.165, 1.54) is 0 Å². The SMILES string of the molecule is CC(NC(=O)c1ccc(NC(=O)C2CC2)cc1)c1cccs1. The van der Waals surface area contributed by atoms with Gasteiger partial charge in [0.15, 0.2) is 0 Å². The lowest BCUT2D eigenvalue weighted by molar-refractivity contribution is -0.117. The molecular formula is C17H18N2O2S. The summed E-state index contributed by atoms with van der Waals surface area (Å²) in [6, 6.07) is 11.0. The maximum Gasteiger partial charge on any atom is 0.251 e. The van der Waals surface area contributed by atoms with E-state index in [-0.39, 0.29) is 23.8 Å². The fraction of sp³-hybridized carbons (Fsp3) is 0.294. The van der Waals surface area contributed by atoms with Crippen LogP contribution in [-0.2, 0) is 4.79 Å². The first-order valence-corrected chi connectivity index (χ1v) is 8.26. The molecule has 1 aliphatic rings. The molecule has 2 N–H and O–H groups in total. The van der Waals surface area contributed by atoms with Crippen LogP contribution in [0.5, 0.6) is 0 Å². The van der Waals surface area contributed by atoms with Crippen LogP contribution in [0.25, 0.3) is 0 Å². The van der Waals surface area contributed by atoms with Crippen molar-refractivity contribution in [2.45, 2.75) is 25.8 Å². The standard InChI is InChI=1S/C17H18N2O2S/c1-11(15-3-2-10-22-15)18-16(20)13-6-8-14(9-7-13)19-17(21)12-4-5-12/h2-3,6-12H,4-5H2,1H3,(H,18,20)(H,19,21). The molecule has 1 unspecified atom stereocenters. The predicted octanol–water partition coefficient (Wildman–Crippen LogP) is 3.59. The lowest BCUT2D eigenvalue weighted by Gasteiger charge is -2.12. The number of rotatable bonds is 5. The molecule has 1 aromatic carbocycles. The highest BCUT2D eigenvalue weighted by atomic mass is 32.1. The molecule has 1 fully saturated rings. The van der Waals surface area contributed by atoms with E-state index in [0.717, 1.165) is 23.4 Å². The third-order valence-electron chi connectivity index (χ3n) is 3.68. The maximum atomic E-state index is 12.2. The summed E-state index contributed by atoms with van der Waals surface area (Å²) in [4.78, 5) is 25.0. The van der Waals surface area contributed by atoms with Crippen LogP contribution in [0, 0.1) is 5.92 Å². The fourth-order valence-electron chi connectivity index (χ4n) is 2.18. The van der Waals surface area contributed by atoms with Gasteiger partial charge in [-0.3, -0.25) is 9.59 Å². The van der Waals surface area contributed by atoms with Crippen molar-refractivity contribution in [2.75, 3.05) is 5.32 Å². The largest absolute Gasteiger partial charge is 0.345 e. The third-order valence-corrected chi connectivity index (χ3v) is 4.74. The molecule has 1 heterocycles. The zero-order chi connectivity index (χ0) is 15.5. The molecule has 3 rings (SSSR count). The smallest absolute Gasteiger partial charge is 0.251 e. The lowest BCUT2D eigenvalue weighted by Crippen LogP contribution is -2.26. The Morgan fingerprint density at radius 1 is 1.18 bits per heavy atom. The van der Waals surface area contributed by atoms with Crippen molar-refractivity contribution in [3.63, 3.8) is 0 Å². The summed E-state index contributed by atoms with van der Waals surface area (Å²) < 4.78 is 0. The number of anilines is 1. The second-order valence-electron chi connectivity index (χ2n) is 5.55. The van der Waals surface area contributed by atoms with Gasteiger partial charge in [0.1, 0.15) is 0 Å². The normalized spacial score (nSPS) is 15.1. The Morgan fingerprint density at radius 2 is 1.91 bits per heavy atom. The van der Waals surface area contributed by atoms with Crippen molar-refractivity contribution in [1.29, 1.82) is 0 Å². The zero-order valence-electron chi connectivity index (χ0n) is 12.3. The summed E-state index contributed by atoms with van der Waals surface area (Å²) in [5.41, 5.74) is 1.33. The van der Waals surface area contributed by atoms with Gasteiger partial charge in [0.2, 0.25) is 5.91 Å². The van der Waals surface area contributed by atoms with Gasteiger partial charge < -0.3 is 10.6 Å². The van der Waals surface area contributed by atoms with Crippen molar-refractivity contribution in [2.24, 2.45) is 5.92 Å². The van der Waals surface area contributed by atoms with Gasteiger partial charge >= 0.3 is 0 Å². The highest BCUT2D eigenvalue weighted by molar-refractivity contribution is 7.10. The van der Waals surface area contributed by atoms with Crippen molar-refractivity contribution in [3.8, 4) is 0 Å². The molecule has 0 saturated heterocycles. The first-order valence-electron chi connectivity index (χ1n) is 7.38. The molecule has 1 saturated carbocycles. The second kappa shape index (κ2) is 6.32. The molecule has 4 nitrogen and oxygen atoms in total. The van der Waals surface area contributed by atoms with Gasteiger partial charge in [-0.05, 0) is 55.5 Å².